The van der Waals surface area contributed by atoms with E-state index in [4.69, 9.17) is 0 Å². The first kappa shape index (κ1) is 16.5. The summed E-state index contributed by atoms with van der Waals surface area (Å²) in [6, 6.07) is 11.5. The highest BCUT2D eigenvalue weighted by atomic mass is 32.2. The molecule has 4 aromatic rings. The number of hydrogen-bond acceptors (Lipinski definition) is 7. The molecule has 0 spiro atoms. The van der Waals surface area contributed by atoms with Crippen molar-refractivity contribution in [2.24, 2.45) is 0 Å². The molecule has 0 unspecified atom stereocenters. The van der Waals surface area contributed by atoms with Gasteiger partial charge in [-0.05, 0) is 12.1 Å². The summed E-state index contributed by atoms with van der Waals surface area (Å²) in [5.41, 5.74) is 0.0172. The fraction of sp³-hybridized carbons (Fsp3) is 0.0625. The highest BCUT2D eigenvalue weighted by Crippen LogP contribution is 2.25. The van der Waals surface area contributed by atoms with Crippen LogP contribution in [0.25, 0.3) is 5.65 Å². The van der Waals surface area contributed by atoms with Gasteiger partial charge >= 0.3 is 5.69 Å². The molecule has 3 aromatic heterocycles. The number of amides is 1. The summed E-state index contributed by atoms with van der Waals surface area (Å²) >= 11 is 2.78. The minimum atomic E-state index is -0.418. The van der Waals surface area contributed by atoms with Crippen LogP contribution in [0.5, 0.6) is 0 Å². The molecule has 4 rings (SSSR count). The lowest BCUT2D eigenvalue weighted by Gasteiger charge is -1.99. The second kappa shape index (κ2) is 7.10. The summed E-state index contributed by atoms with van der Waals surface area (Å²) in [5, 5.41) is 9.80. The predicted molar refractivity (Wildman–Crippen MR) is 98.6 cm³/mol. The lowest BCUT2D eigenvalue weighted by atomic mass is 10.4. The maximum atomic E-state index is 12.4. The van der Waals surface area contributed by atoms with E-state index in [2.05, 4.69) is 20.4 Å². The molecule has 0 saturated heterocycles. The quantitative estimate of drug-likeness (QED) is 0.530. The van der Waals surface area contributed by atoms with Crippen LogP contribution in [-0.2, 0) is 11.3 Å². The van der Waals surface area contributed by atoms with Gasteiger partial charge in [-0.2, -0.15) is 0 Å². The van der Waals surface area contributed by atoms with E-state index in [1.165, 1.54) is 33.8 Å². The molecule has 0 aliphatic heterocycles. The number of carbonyl (C=O) groups excluding carboxylic acids is 1. The fourth-order valence-electron chi connectivity index (χ4n) is 2.25. The lowest BCUT2D eigenvalue weighted by molar-refractivity contribution is -0.117. The minimum Gasteiger partial charge on any atom is -0.300 e. The predicted octanol–water partition coefficient (Wildman–Crippen LogP) is 2.14. The standard InChI is InChI=1S/C16H12N6O2S2/c23-13(19-15-17-6-7-25-15)9-22-16(24)21-10-18-14(8-12(21)20-22)26-11-4-2-1-3-5-11/h1-8,10H,9H2,(H,17,19,23). The summed E-state index contributed by atoms with van der Waals surface area (Å²) in [7, 11) is 0. The van der Waals surface area contributed by atoms with Gasteiger partial charge < -0.3 is 5.32 Å². The Labute approximate surface area is 155 Å². The SMILES string of the molecule is O=C(Cn1nc2cc(Sc3ccccc3)ncn2c1=O)Nc1nccs1. The van der Waals surface area contributed by atoms with Crippen LogP contribution in [0.3, 0.4) is 0 Å². The van der Waals surface area contributed by atoms with Crippen LogP contribution in [0.15, 0.2) is 69.0 Å². The van der Waals surface area contributed by atoms with Crippen molar-refractivity contribution in [3.63, 3.8) is 0 Å². The summed E-state index contributed by atoms with van der Waals surface area (Å²) in [5.74, 6) is -0.364. The highest BCUT2D eigenvalue weighted by Gasteiger charge is 2.13. The molecule has 0 fully saturated rings. The monoisotopic (exact) mass is 384 g/mol. The first-order valence-corrected chi connectivity index (χ1v) is 9.26. The number of carbonyl (C=O) groups is 1. The second-order valence-corrected chi connectivity index (χ2v) is 7.18. The van der Waals surface area contributed by atoms with Gasteiger partial charge in [0.15, 0.2) is 10.8 Å². The number of rotatable bonds is 5. The summed E-state index contributed by atoms with van der Waals surface area (Å²) in [6.45, 7) is -0.193. The molecule has 1 aromatic carbocycles. The first-order chi connectivity index (χ1) is 12.7. The Balaban J connectivity index is 1.56. The van der Waals surface area contributed by atoms with Crippen LogP contribution in [0.4, 0.5) is 5.13 Å². The largest absolute Gasteiger partial charge is 0.352 e. The number of nitrogens with one attached hydrogen (secondary N) is 1. The number of thiazole rings is 1. The zero-order valence-corrected chi connectivity index (χ0v) is 14.9. The van der Waals surface area contributed by atoms with Gasteiger partial charge in [-0.15, -0.1) is 16.4 Å². The Hall–Kier alpha value is -2.98. The lowest BCUT2D eigenvalue weighted by Crippen LogP contribution is -2.28. The van der Waals surface area contributed by atoms with Gasteiger partial charge in [0.25, 0.3) is 0 Å². The second-order valence-electron chi connectivity index (χ2n) is 5.20. The average molecular weight is 384 g/mol. The van der Waals surface area contributed by atoms with Crippen LogP contribution >= 0.6 is 23.1 Å². The zero-order chi connectivity index (χ0) is 17.9. The van der Waals surface area contributed by atoms with E-state index in [-0.39, 0.29) is 12.5 Å². The molecule has 10 heteroatoms. The maximum Gasteiger partial charge on any atom is 0.352 e. The summed E-state index contributed by atoms with van der Waals surface area (Å²) in [6.07, 6.45) is 3.01. The van der Waals surface area contributed by atoms with Gasteiger partial charge in [-0.3, -0.25) is 4.79 Å². The number of benzene rings is 1. The van der Waals surface area contributed by atoms with Crippen LogP contribution in [0, 0.1) is 0 Å². The molecule has 1 N–H and O–H groups in total. The third-order valence-corrected chi connectivity index (χ3v) is 5.02. The third kappa shape index (κ3) is 3.51. The number of aromatic nitrogens is 5. The van der Waals surface area contributed by atoms with Crippen molar-refractivity contribution in [1.82, 2.24) is 24.1 Å². The van der Waals surface area contributed by atoms with Gasteiger partial charge in [0, 0.05) is 22.5 Å². The molecule has 0 bridgehead atoms. The van der Waals surface area contributed by atoms with Crippen LogP contribution in [-0.4, -0.2) is 30.1 Å². The summed E-state index contributed by atoms with van der Waals surface area (Å²) < 4.78 is 2.42. The molecular weight excluding hydrogens is 372 g/mol. The van der Waals surface area contributed by atoms with Crippen LogP contribution in [0.2, 0.25) is 0 Å². The number of nitrogens with zero attached hydrogens (tertiary/aromatic N) is 5. The molecular formula is C16H12N6O2S2. The molecule has 0 saturated carbocycles. The van der Waals surface area contributed by atoms with Crippen molar-refractivity contribution >= 4 is 39.8 Å². The van der Waals surface area contributed by atoms with Gasteiger partial charge in [-0.25, -0.2) is 23.8 Å². The maximum absolute atomic E-state index is 12.4. The molecule has 130 valence electrons. The summed E-state index contributed by atoms with van der Waals surface area (Å²) in [4.78, 5) is 33.7. The average Bonchev–Trinajstić information content (AvgIpc) is 3.24. The molecule has 3 heterocycles. The molecule has 0 radical (unpaired) electrons. The highest BCUT2D eigenvalue weighted by molar-refractivity contribution is 7.99. The van der Waals surface area contributed by atoms with Crippen LogP contribution < -0.4 is 11.0 Å². The zero-order valence-electron chi connectivity index (χ0n) is 13.3. The van der Waals surface area contributed by atoms with Gasteiger partial charge in [-0.1, -0.05) is 30.0 Å². The van der Waals surface area contributed by atoms with E-state index in [0.29, 0.717) is 15.8 Å². The number of fused-ring (bicyclic) bond motifs is 1. The van der Waals surface area contributed by atoms with Gasteiger partial charge in [0.1, 0.15) is 17.9 Å². The van der Waals surface area contributed by atoms with Crippen molar-refractivity contribution in [2.75, 3.05) is 5.32 Å². The Morgan fingerprint density at radius 1 is 1.23 bits per heavy atom. The van der Waals surface area contributed by atoms with E-state index in [0.717, 1.165) is 9.58 Å². The molecule has 0 atom stereocenters. The fourth-order valence-corrected chi connectivity index (χ4v) is 3.60. The molecule has 8 nitrogen and oxygen atoms in total. The molecule has 0 aliphatic rings. The Morgan fingerprint density at radius 3 is 2.85 bits per heavy atom. The van der Waals surface area contributed by atoms with E-state index >= 15 is 0 Å². The Morgan fingerprint density at radius 2 is 2.08 bits per heavy atom. The molecule has 26 heavy (non-hydrogen) atoms. The molecule has 1 amide bonds. The van der Waals surface area contributed by atoms with Gasteiger partial charge in [0.2, 0.25) is 5.91 Å². The first-order valence-electron chi connectivity index (χ1n) is 7.56. The Kier molecular flexibility index (Phi) is 4.50. The minimum absolute atomic E-state index is 0.193. The van der Waals surface area contributed by atoms with Crippen LogP contribution in [0.1, 0.15) is 0 Å². The van der Waals surface area contributed by atoms with Crippen molar-refractivity contribution in [2.45, 2.75) is 16.5 Å². The van der Waals surface area contributed by atoms with E-state index in [1.54, 1.807) is 17.6 Å². The van der Waals surface area contributed by atoms with Crippen molar-refractivity contribution < 1.29 is 4.79 Å². The van der Waals surface area contributed by atoms with E-state index in [1.807, 2.05) is 30.3 Å². The van der Waals surface area contributed by atoms with Crippen molar-refractivity contribution in [3.8, 4) is 0 Å². The van der Waals surface area contributed by atoms with E-state index < -0.39 is 5.69 Å². The number of hydrogen-bond donors (Lipinski definition) is 1. The third-order valence-electron chi connectivity index (χ3n) is 3.39. The topological polar surface area (TPSA) is 94.2 Å². The smallest absolute Gasteiger partial charge is 0.300 e. The van der Waals surface area contributed by atoms with E-state index in [9.17, 15) is 9.59 Å². The van der Waals surface area contributed by atoms with Crippen molar-refractivity contribution in [3.05, 3.63) is 64.8 Å². The molecule has 0 aliphatic carbocycles. The normalized spacial score (nSPS) is 10.9. The Bertz CT molecular complexity index is 1100. The van der Waals surface area contributed by atoms with Gasteiger partial charge in [0.05, 0.1) is 0 Å². The van der Waals surface area contributed by atoms with Crippen molar-refractivity contribution in [1.29, 1.82) is 0 Å². The number of anilines is 1.